The van der Waals surface area contributed by atoms with Crippen LogP contribution in [0.3, 0.4) is 0 Å². The van der Waals surface area contributed by atoms with Crippen LogP contribution >= 0.6 is 11.6 Å². The van der Waals surface area contributed by atoms with Crippen molar-refractivity contribution in [2.24, 2.45) is 5.92 Å². The van der Waals surface area contributed by atoms with Crippen LogP contribution in [0.5, 0.6) is 0 Å². The van der Waals surface area contributed by atoms with E-state index in [1.54, 1.807) is 12.1 Å². The molecule has 0 spiro atoms. The molecule has 112 valence electrons. The Balaban J connectivity index is 1.81. The van der Waals surface area contributed by atoms with Crippen LogP contribution < -0.4 is 5.32 Å². The average Bonchev–Trinajstić information content (AvgIpc) is 2.98. The number of amides is 1. The van der Waals surface area contributed by atoms with Gasteiger partial charge in [-0.1, -0.05) is 18.0 Å². The molecule has 5 heteroatoms. The van der Waals surface area contributed by atoms with E-state index in [1.165, 1.54) is 0 Å². The van der Waals surface area contributed by atoms with Crippen LogP contribution in [0.4, 0.5) is 0 Å². The van der Waals surface area contributed by atoms with Crippen molar-refractivity contribution >= 4 is 28.4 Å². The van der Waals surface area contributed by atoms with Gasteiger partial charge in [0, 0.05) is 34.1 Å². The van der Waals surface area contributed by atoms with Gasteiger partial charge >= 0.3 is 0 Å². The summed E-state index contributed by atoms with van der Waals surface area (Å²) in [5, 5.41) is 14.2. The number of aryl methyl sites for hydroxylation is 1. The molecular formula is C16H19ClN2O2. The number of rotatable bonds is 3. The second-order valence-electron chi connectivity index (χ2n) is 5.78. The summed E-state index contributed by atoms with van der Waals surface area (Å²) in [7, 11) is 0. The van der Waals surface area contributed by atoms with Crippen molar-refractivity contribution in [3.05, 3.63) is 34.5 Å². The molecule has 0 radical (unpaired) electrons. The quantitative estimate of drug-likeness (QED) is 0.816. The fraction of sp³-hybridized carbons (Fsp3) is 0.438. The minimum atomic E-state index is -0.288. The molecule has 0 saturated heterocycles. The summed E-state index contributed by atoms with van der Waals surface area (Å²) in [5.41, 5.74) is 2.37. The molecule has 3 N–H and O–H groups in total. The molecule has 21 heavy (non-hydrogen) atoms. The molecule has 1 aromatic carbocycles. The fourth-order valence-electron chi connectivity index (χ4n) is 3.16. The largest absolute Gasteiger partial charge is 0.393 e. The van der Waals surface area contributed by atoms with Gasteiger partial charge in [0.25, 0.3) is 5.91 Å². The Morgan fingerprint density at radius 1 is 1.48 bits per heavy atom. The molecule has 0 aliphatic heterocycles. The van der Waals surface area contributed by atoms with Crippen molar-refractivity contribution in [3.63, 3.8) is 0 Å². The highest BCUT2D eigenvalue weighted by molar-refractivity contribution is 6.31. The minimum absolute atomic E-state index is 0.111. The molecule has 1 fully saturated rings. The van der Waals surface area contributed by atoms with E-state index in [2.05, 4.69) is 10.3 Å². The van der Waals surface area contributed by atoms with Crippen molar-refractivity contribution in [2.75, 3.05) is 6.54 Å². The van der Waals surface area contributed by atoms with Gasteiger partial charge in [-0.05, 0) is 38.0 Å². The second kappa shape index (κ2) is 5.70. The lowest BCUT2D eigenvalue weighted by Gasteiger charge is -2.15. The molecule has 1 aliphatic carbocycles. The number of aromatic nitrogens is 1. The summed E-state index contributed by atoms with van der Waals surface area (Å²) in [5.74, 6) is 0.0585. The predicted octanol–water partition coefficient (Wildman–Crippen LogP) is 3.02. The molecule has 1 heterocycles. The number of halogens is 1. The third-order valence-electron chi connectivity index (χ3n) is 4.32. The van der Waals surface area contributed by atoms with Crippen LogP contribution in [-0.4, -0.2) is 28.6 Å². The number of aliphatic hydroxyl groups excluding tert-OH is 1. The first-order chi connectivity index (χ1) is 10.1. The molecule has 3 rings (SSSR count). The summed E-state index contributed by atoms with van der Waals surface area (Å²) < 4.78 is 0. The number of benzene rings is 1. The van der Waals surface area contributed by atoms with Crippen LogP contribution in [0.1, 0.15) is 35.3 Å². The van der Waals surface area contributed by atoms with Crippen molar-refractivity contribution in [2.45, 2.75) is 32.3 Å². The average molecular weight is 307 g/mol. The Bertz CT molecular complexity index is 680. The van der Waals surface area contributed by atoms with Gasteiger partial charge in [0.2, 0.25) is 0 Å². The third-order valence-corrected chi connectivity index (χ3v) is 4.55. The fourth-order valence-corrected chi connectivity index (χ4v) is 3.33. The Kier molecular flexibility index (Phi) is 3.91. The molecular weight excluding hydrogens is 288 g/mol. The van der Waals surface area contributed by atoms with Gasteiger partial charge in [-0.3, -0.25) is 4.79 Å². The van der Waals surface area contributed by atoms with Crippen LogP contribution in [-0.2, 0) is 0 Å². The van der Waals surface area contributed by atoms with Gasteiger partial charge in [0.15, 0.2) is 0 Å². The maximum atomic E-state index is 12.5. The number of H-pyrrole nitrogens is 1. The van der Waals surface area contributed by atoms with E-state index in [9.17, 15) is 9.90 Å². The van der Waals surface area contributed by atoms with E-state index < -0.39 is 0 Å². The van der Waals surface area contributed by atoms with E-state index in [-0.39, 0.29) is 17.9 Å². The van der Waals surface area contributed by atoms with Gasteiger partial charge < -0.3 is 15.4 Å². The normalized spacial score (nSPS) is 21.9. The van der Waals surface area contributed by atoms with Crippen molar-refractivity contribution in [1.29, 1.82) is 0 Å². The number of carbonyl (C=O) groups excluding carboxylic acids is 1. The van der Waals surface area contributed by atoms with E-state index in [0.717, 1.165) is 35.9 Å². The number of nitrogens with one attached hydrogen (secondary N) is 2. The number of hydrogen-bond acceptors (Lipinski definition) is 2. The molecule has 1 saturated carbocycles. The van der Waals surface area contributed by atoms with Crippen molar-refractivity contribution in [1.82, 2.24) is 10.3 Å². The van der Waals surface area contributed by atoms with E-state index in [1.807, 2.05) is 13.0 Å². The molecule has 1 amide bonds. The van der Waals surface area contributed by atoms with Gasteiger partial charge in [0.1, 0.15) is 0 Å². The summed E-state index contributed by atoms with van der Waals surface area (Å²) in [6.07, 6.45) is 2.55. The maximum Gasteiger partial charge on any atom is 0.253 e. The molecule has 0 bridgehead atoms. The molecule has 0 unspecified atom stereocenters. The zero-order chi connectivity index (χ0) is 15.0. The summed E-state index contributed by atoms with van der Waals surface area (Å²) >= 11 is 6.03. The van der Waals surface area contributed by atoms with Gasteiger partial charge in [-0.2, -0.15) is 0 Å². The third kappa shape index (κ3) is 2.78. The summed E-state index contributed by atoms with van der Waals surface area (Å²) in [6, 6.07) is 5.48. The van der Waals surface area contributed by atoms with Crippen LogP contribution in [0.2, 0.25) is 5.02 Å². The zero-order valence-corrected chi connectivity index (χ0v) is 12.7. The van der Waals surface area contributed by atoms with Crippen LogP contribution in [0.15, 0.2) is 18.2 Å². The highest BCUT2D eigenvalue weighted by Crippen LogP contribution is 2.27. The highest BCUT2D eigenvalue weighted by Gasteiger charge is 2.26. The number of aromatic amines is 1. The van der Waals surface area contributed by atoms with Crippen molar-refractivity contribution in [3.8, 4) is 0 Å². The van der Waals surface area contributed by atoms with E-state index >= 15 is 0 Å². The Hall–Kier alpha value is -1.52. The molecule has 4 nitrogen and oxygen atoms in total. The number of carbonyl (C=O) groups is 1. The topological polar surface area (TPSA) is 65.1 Å². The first-order valence-corrected chi connectivity index (χ1v) is 7.68. The van der Waals surface area contributed by atoms with Gasteiger partial charge in [0.05, 0.1) is 11.7 Å². The Morgan fingerprint density at radius 3 is 3.00 bits per heavy atom. The first-order valence-electron chi connectivity index (χ1n) is 7.30. The number of hydrogen-bond donors (Lipinski definition) is 3. The lowest BCUT2D eigenvalue weighted by atomic mass is 10.1. The first kappa shape index (κ1) is 14.4. The SMILES string of the molecule is Cc1[nH]c2ccc(Cl)cc2c1C(=O)NC[C@@H]1CCC[C@H]1O. The van der Waals surface area contributed by atoms with Crippen LogP contribution in [0, 0.1) is 12.8 Å². The number of fused-ring (bicyclic) bond motifs is 1. The summed E-state index contributed by atoms with van der Waals surface area (Å²) in [6.45, 7) is 2.40. The Morgan fingerprint density at radius 2 is 2.29 bits per heavy atom. The maximum absolute atomic E-state index is 12.5. The molecule has 1 aliphatic rings. The second-order valence-corrected chi connectivity index (χ2v) is 6.22. The lowest BCUT2D eigenvalue weighted by molar-refractivity contribution is 0.0918. The van der Waals surface area contributed by atoms with E-state index in [4.69, 9.17) is 11.6 Å². The highest BCUT2D eigenvalue weighted by atomic mass is 35.5. The van der Waals surface area contributed by atoms with Crippen LogP contribution in [0.25, 0.3) is 10.9 Å². The molecule has 2 aromatic rings. The predicted molar refractivity (Wildman–Crippen MR) is 83.7 cm³/mol. The smallest absolute Gasteiger partial charge is 0.253 e. The van der Waals surface area contributed by atoms with Gasteiger partial charge in [-0.15, -0.1) is 0 Å². The summed E-state index contributed by atoms with van der Waals surface area (Å²) in [4.78, 5) is 15.7. The lowest BCUT2D eigenvalue weighted by Crippen LogP contribution is -2.32. The standard InChI is InChI=1S/C16H19ClN2O2/c1-9-15(12-7-11(17)5-6-13(12)19-9)16(21)18-8-10-3-2-4-14(10)20/h5-7,10,14,19-20H,2-4,8H2,1H3,(H,18,21)/t10-,14+/m0/s1. The Labute approximate surface area is 128 Å². The molecule has 1 aromatic heterocycles. The molecule has 2 atom stereocenters. The van der Waals surface area contributed by atoms with Gasteiger partial charge in [-0.25, -0.2) is 0 Å². The zero-order valence-electron chi connectivity index (χ0n) is 11.9. The monoisotopic (exact) mass is 306 g/mol. The number of aliphatic hydroxyl groups is 1. The van der Waals surface area contributed by atoms with Crippen molar-refractivity contribution < 1.29 is 9.90 Å². The minimum Gasteiger partial charge on any atom is -0.393 e. The van der Waals surface area contributed by atoms with E-state index in [0.29, 0.717) is 17.1 Å².